The molecule has 0 spiro atoms. The van der Waals surface area contributed by atoms with Crippen LogP contribution in [0.15, 0.2) is 24.3 Å². The molecule has 0 atom stereocenters. The molecule has 0 bridgehead atoms. The number of carboxylic acids is 1. The molecule has 0 saturated carbocycles. The van der Waals surface area contributed by atoms with Crippen LogP contribution in [-0.4, -0.2) is 11.1 Å². The fraction of sp³-hybridized carbons (Fsp3) is 0.643. The van der Waals surface area contributed by atoms with Gasteiger partial charge in [-0.25, -0.2) is 0 Å². The van der Waals surface area contributed by atoms with Crippen molar-refractivity contribution in [3.05, 3.63) is 24.3 Å². The predicted molar refractivity (Wildman–Crippen MR) is 68.5 cm³/mol. The molecular formula is C14H24O2. The molecule has 0 aromatic rings. The molecule has 0 saturated heterocycles. The SMILES string of the molecule is CC/C=C\CCC(CC/C=C\CC)C(=O)O. The van der Waals surface area contributed by atoms with Crippen molar-refractivity contribution in [2.45, 2.75) is 52.4 Å². The van der Waals surface area contributed by atoms with E-state index in [9.17, 15) is 4.79 Å². The van der Waals surface area contributed by atoms with Gasteiger partial charge in [-0.15, -0.1) is 0 Å². The van der Waals surface area contributed by atoms with Gasteiger partial charge >= 0.3 is 5.97 Å². The van der Waals surface area contributed by atoms with E-state index < -0.39 is 5.97 Å². The second-order valence-corrected chi connectivity index (χ2v) is 3.95. The topological polar surface area (TPSA) is 37.3 Å². The zero-order chi connectivity index (χ0) is 12.2. The fourth-order valence-electron chi connectivity index (χ4n) is 1.56. The highest BCUT2D eigenvalue weighted by Gasteiger charge is 2.14. The van der Waals surface area contributed by atoms with Crippen LogP contribution in [0.4, 0.5) is 0 Å². The molecule has 2 heteroatoms. The lowest BCUT2D eigenvalue weighted by Crippen LogP contribution is -2.12. The van der Waals surface area contributed by atoms with E-state index in [-0.39, 0.29) is 5.92 Å². The minimum absolute atomic E-state index is 0.192. The highest BCUT2D eigenvalue weighted by molar-refractivity contribution is 5.69. The lowest BCUT2D eigenvalue weighted by atomic mass is 9.97. The molecule has 0 rings (SSSR count). The molecule has 0 fully saturated rings. The molecule has 92 valence electrons. The number of rotatable bonds is 9. The van der Waals surface area contributed by atoms with Gasteiger partial charge < -0.3 is 5.11 Å². The average Bonchev–Trinajstić information content (AvgIpc) is 2.26. The third kappa shape index (κ3) is 8.27. The van der Waals surface area contributed by atoms with Crippen molar-refractivity contribution in [1.82, 2.24) is 0 Å². The van der Waals surface area contributed by atoms with Gasteiger partial charge in [0.2, 0.25) is 0 Å². The summed E-state index contributed by atoms with van der Waals surface area (Å²) < 4.78 is 0. The molecule has 0 radical (unpaired) electrons. The van der Waals surface area contributed by atoms with Gasteiger partial charge in [0.25, 0.3) is 0 Å². The summed E-state index contributed by atoms with van der Waals surface area (Å²) in [5, 5.41) is 9.04. The van der Waals surface area contributed by atoms with E-state index in [4.69, 9.17) is 5.11 Å². The molecule has 0 aromatic heterocycles. The maximum Gasteiger partial charge on any atom is 0.306 e. The summed E-state index contributed by atoms with van der Waals surface area (Å²) in [7, 11) is 0. The van der Waals surface area contributed by atoms with E-state index in [1.807, 2.05) is 0 Å². The van der Waals surface area contributed by atoms with Gasteiger partial charge in [0.05, 0.1) is 5.92 Å². The Hall–Kier alpha value is -1.05. The van der Waals surface area contributed by atoms with E-state index in [2.05, 4.69) is 38.2 Å². The Bertz CT molecular complexity index is 211. The van der Waals surface area contributed by atoms with Crippen LogP contribution >= 0.6 is 0 Å². The van der Waals surface area contributed by atoms with Crippen molar-refractivity contribution in [3.63, 3.8) is 0 Å². The smallest absolute Gasteiger partial charge is 0.306 e. The van der Waals surface area contributed by atoms with E-state index in [1.165, 1.54) is 0 Å². The number of carboxylic acid groups (broad SMARTS) is 1. The van der Waals surface area contributed by atoms with Crippen LogP contribution < -0.4 is 0 Å². The Morgan fingerprint density at radius 1 is 1.00 bits per heavy atom. The second-order valence-electron chi connectivity index (χ2n) is 3.95. The molecule has 0 heterocycles. The van der Waals surface area contributed by atoms with Gasteiger partial charge in [0, 0.05) is 0 Å². The Morgan fingerprint density at radius 2 is 1.44 bits per heavy atom. The van der Waals surface area contributed by atoms with Crippen molar-refractivity contribution in [3.8, 4) is 0 Å². The van der Waals surface area contributed by atoms with Crippen molar-refractivity contribution < 1.29 is 9.90 Å². The van der Waals surface area contributed by atoms with Crippen LogP contribution in [0.3, 0.4) is 0 Å². The fourth-order valence-corrected chi connectivity index (χ4v) is 1.56. The number of aliphatic carboxylic acids is 1. The van der Waals surface area contributed by atoms with Gasteiger partial charge in [0.15, 0.2) is 0 Å². The first kappa shape index (κ1) is 14.9. The first-order valence-electron chi connectivity index (χ1n) is 6.25. The quantitative estimate of drug-likeness (QED) is 0.596. The second kappa shape index (κ2) is 10.5. The van der Waals surface area contributed by atoms with Gasteiger partial charge in [-0.2, -0.15) is 0 Å². The summed E-state index contributed by atoms with van der Waals surface area (Å²) in [5.41, 5.74) is 0. The third-order valence-corrected chi connectivity index (χ3v) is 2.52. The summed E-state index contributed by atoms with van der Waals surface area (Å²) in [4.78, 5) is 11.0. The first-order chi connectivity index (χ1) is 7.72. The monoisotopic (exact) mass is 224 g/mol. The van der Waals surface area contributed by atoms with E-state index in [0.717, 1.165) is 38.5 Å². The van der Waals surface area contributed by atoms with Crippen LogP contribution in [0.2, 0.25) is 0 Å². The number of hydrogen-bond donors (Lipinski definition) is 1. The summed E-state index contributed by atoms with van der Waals surface area (Å²) in [6.45, 7) is 4.17. The Kier molecular flexibility index (Phi) is 9.78. The number of carbonyl (C=O) groups is 1. The molecule has 0 aliphatic rings. The molecule has 0 aliphatic heterocycles. The summed E-state index contributed by atoms with van der Waals surface area (Å²) in [5.74, 6) is -0.849. The molecule has 0 amide bonds. The number of allylic oxidation sites excluding steroid dienone is 4. The molecule has 16 heavy (non-hydrogen) atoms. The maximum atomic E-state index is 11.0. The molecule has 2 nitrogen and oxygen atoms in total. The molecule has 0 aliphatic carbocycles. The summed E-state index contributed by atoms with van der Waals surface area (Å²) >= 11 is 0. The average molecular weight is 224 g/mol. The zero-order valence-corrected chi connectivity index (χ0v) is 10.5. The molecule has 1 N–H and O–H groups in total. The summed E-state index contributed by atoms with van der Waals surface area (Å²) in [6.07, 6.45) is 13.7. The lowest BCUT2D eigenvalue weighted by molar-refractivity contribution is -0.142. The van der Waals surface area contributed by atoms with Crippen molar-refractivity contribution in [2.75, 3.05) is 0 Å². The Labute approximate surface area is 99.1 Å². The normalized spacial score (nSPS) is 11.9. The van der Waals surface area contributed by atoms with Gasteiger partial charge in [-0.05, 0) is 38.5 Å². The standard InChI is InChI=1S/C14H24O2/c1-3-5-7-9-11-13(14(15)16)12-10-8-6-4-2/h5-8,13H,3-4,9-12H2,1-2H3,(H,15,16)/b7-5-,8-6-. The van der Waals surface area contributed by atoms with E-state index >= 15 is 0 Å². The van der Waals surface area contributed by atoms with Crippen LogP contribution in [0.25, 0.3) is 0 Å². The van der Waals surface area contributed by atoms with Crippen molar-refractivity contribution in [2.24, 2.45) is 5.92 Å². The predicted octanol–water partition coefficient (Wildman–Crippen LogP) is 4.18. The molecular weight excluding hydrogens is 200 g/mol. The van der Waals surface area contributed by atoms with Crippen LogP contribution in [0, 0.1) is 5.92 Å². The minimum Gasteiger partial charge on any atom is -0.481 e. The third-order valence-electron chi connectivity index (χ3n) is 2.52. The van der Waals surface area contributed by atoms with Crippen LogP contribution in [-0.2, 0) is 4.79 Å². The van der Waals surface area contributed by atoms with Gasteiger partial charge in [0.1, 0.15) is 0 Å². The minimum atomic E-state index is -0.658. The summed E-state index contributed by atoms with van der Waals surface area (Å²) in [6, 6.07) is 0. The largest absolute Gasteiger partial charge is 0.481 e. The highest BCUT2D eigenvalue weighted by atomic mass is 16.4. The van der Waals surface area contributed by atoms with E-state index in [0.29, 0.717) is 0 Å². The Balaban J connectivity index is 3.84. The first-order valence-corrected chi connectivity index (χ1v) is 6.25. The van der Waals surface area contributed by atoms with Crippen molar-refractivity contribution in [1.29, 1.82) is 0 Å². The number of hydrogen-bond acceptors (Lipinski definition) is 1. The van der Waals surface area contributed by atoms with Crippen LogP contribution in [0.5, 0.6) is 0 Å². The molecule has 0 unspecified atom stereocenters. The van der Waals surface area contributed by atoms with Crippen molar-refractivity contribution >= 4 is 5.97 Å². The Morgan fingerprint density at radius 3 is 1.75 bits per heavy atom. The van der Waals surface area contributed by atoms with Gasteiger partial charge in [-0.1, -0.05) is 38.2 Å². The van der Waals surface area contributed by atoms with Crippen LogP contribution in [0.1, 0.15) is 52.4 Å². The lowest BCUT2D eigenvalue weighted by Gasteiger charge is -2.09. The zero-order valence-electron chi connectivity index (χ0n) is 10.5. The molecule has 0 aromatic carbocycles. The van der Waals surface area contributed by atoms with Gasteiger partial charge in [-0.3, -0.25) is 4.79 Å². The maximum absolute atomic E-state index is 11.0. The van der Waals surface area contributed by atoms with E-state index in [1.54, 1.807) is 0 Å². The highest BCUT2D eigenvalue weighted by Crippen LogP contribution is 2.15.